The highest BCUT2D eigenvalue weighted by Crippen LogP contribution is 2.41. The molecule has 0 aliphatic carbocycles. The number of aliphatic carboxylic acids is 1. The van der Waals surface area contributed by atoms with Gasteiger partial charge in [0.25, 0.3) is 10.0 Å². The number of sulfonamides is 1. The normalized spacial score (nSPS) is 22.9. The van der Waals surface area contributed by atoms with Gasteiger partial charge in [-0.2, -0.15) is 0 Å². The maximum atomic E-state index is 12.9. The minimum absolute atomic E-state index is 0.0909. The molecule has 0 aromatic heterocycles. The molecule has 0 bridgehead atoms. The third-order valence-electron chi connectivity index (χ3n) is 4.97. The van der Waals surface area contributed by atoms with Crippen LogP contribution in [0.15, 0.2) is 41.3 Å². The summed E-state index contributed by atoms with van der Waals surface area (Å²) in [5, 5.41) is 13.2. The minimum atomic E-state index is -3.85. The van der Waals surface area contributed by atoms with Gasteiger partial charge in [0.15, 0.2) is 0 Å². The Bertz CT molecular complexity index is 1040. The lowest BCUT2D eigenvalue weighted by Crippen LogP contribution is -2.53. The number of carbonyl (C=O) groups excluding carboxylic acids is 1. The van der Waals surface area contributed by atoms with Gasteiger partial charge in [-0.1, -0.05) is 24.3 Å². The molecule has 2 N–H and O–H groups in total. The predicted molar refractivity (Wildman–Crippen MR) is 97.0 cm³/mol. The van der Waals surface area contributed by atoms with Gasteiger partial charge in [0.05, 0.1) is 29.1 Å². The molecule has 0 saturated carbocycles. The van der Waals surface area contributed by atoms with Crippen molar-refractivity contribution < 1.29 is 27.9 Å². The van der Waals surface area contributed by atoms with Gasteiger partial charge < -0.3 is 15.2 Å². The van der Waals surface area contributed by atoms with E-state index in [2.05, 4.69) is 5.32 Å². The first-order valence-electron chi connectivity index (χ1n) is 8.47. The minimum Gasteiger partial charge on any atom is -0.481 e. The van der Waals surface area contributed by atoms with Crippen LogP contribution < -0.4 is 9.62 Å². The average molecular weight is 390 g/mol. The van der Waals surface area contributed by atoms with E-state index in [4.69, 9.17) is 9.84 Å². The summed E-state index contributed by atoms with van der Waals surface area (Å²) in [6.07, 6.45) is 0.0922. The van der Waals surface area contributed by atoms with Crippen molar-refractivity contribution >= 4 is 38.4 Å². The first kappa shape index (κ1) is 17.7. The Morgan fingerprint density at radius 3 is 2.63 bits per heavy atom. The summed E-state index contributed by atoms with van der Waals surface area (Å²) >= 11 is 0. The van der Waals surface area contributed by atoms with Gasteiger partial charge >= 0.3 is 5.97 Å². The van der Waals surface area contributed by atoms with Gasteiger partial charge in [0, 0.05) is 12.0 Å². The molecule has 2 aliphatic heterocycles. The fourth-order valence-electron chi connectivity index (χ4n) is 3.77. The van der Waals surface area contributed by atoms with E-state index >= 15 is 0 Å². The van der Waals surface area contributed by atoms with Gasteiger partial charge in [0.2, 0.25) is 5.91 Å². The third-order valence-corrected chi connectivity index (χ3v) is 6.77. The fraction of sp³-hybridized carbons (Fsp3) is 0.333. The van der Waals surface area contributed by atoms with Crippen LogP contribution in [0.3, 0.4) is 0 Å². The van der Waals surface area contributed by atoms with Crippen molar-refractivity contribution in [3.05, 3.63) is 36.4 Å². The molecule has 4 rings (SSSR count). The highest BCUT2D eigenvalue weighted by molar-refractivity contribution is 7.93. The van der Waals surface area contributed by atoms with E-state index in [1.807, 2.05) is 12.1 Å². The van der Waals surface area contributed by atoms with Crippen LogP contribution in [0.1, 0.15) is 12.8 Å². The molecule has 8 nitrogen and oxygen atoms in total. The molecule has 2 aliphatic rings. The second-order valence-corrected chi connectivity index (χ2v) is 8.68. The van der Waals surface area contributed by atoms with E-state index in [1.165, 1.54) is 6.07 Å². The molecular formula is C18H18N2O6S. The molecule has 9 heteroatoms. The number of hydrogen-bond acceptors (Lipinski definition) is 5. The van der Waals surface area contributed by atoms with Crippen LogP contribution in [-0.4, -0.2) is 50.7 Å². The first-order valence-corrected chi connectivity index (χ1v) is 9.91. The van der Waals surface area contributed by atoms with Crippen molar-refractivity contribution in [2.45, 2.75) is 23.3 Å². The molecule has 0 spiro atoms. The van der Waals surface area contributed by atoms with Crippen LogP contribution in [0.4, 0.5) is 5.69 Å². The molecule has 27 heavy (non-hydrogen) atoms. The summed E-state index contributed by atoms with van der Waals surface area (Å²) in [6, 6.07) is 10.2. The monoisotopic (exact) mass is 390 g/mol. The third kappa shape index (κ3) is 2.92. The number of amides is 1. The lowest BCUT2D eigenvalue weighted by atomic mass is 9.94. The molecule has 2 aromatic rings. The topological polar surface area (TPSA) is 113 Å². The maximum Gasteiger partial charge on any atom is 0.305 e. The van der Waals surface area contributed by atoms with E-state index in [0.29, 0.717) is 24.1 Å². The SMILES string of the molecule is O=C(O)CC1(NC(=O)CN2c3cccc4cccc(c34)S2(=O)=O)CCOC1. The number of nitrogens with one attached hydrogen (secondary N) is 1. The smallest absolute Gasteiger partial charge is 0.305 e. The molecule has 1 fully saturated rings. The van der Waals surface area contributed by atoms with Gasteiger partial charge in [-0.15, -0.1) is 0 Å². The Kier molecular flexibility index (Phi) is 4.08. The number of hydrogen-bond donors (Lipinski definition) is 2. The standard InChI is InChI=1S/C18H18N2O6S/c21-15(19-18(9-16(22)23)7-8-26-11-18)10-20-13-5-1-3-12-4-2-6-14(17(12)13)27(20,24)25/h1-6H,7-11H2,(H,19,21)(H,22,23). The van der Waals surface area contributed by atoms with Crippen molar-refractivity contribution in [1.29, 1.82) is 0 Å². The first-order chi connectivity index (χ1) is 12.8. The van der Waals surface area contributed by atoms with Crippen LogP contribution in [0.5, 0.6) is 0 Å². The molecule has 142 valence electrons. The number of carboxylic acids is 1. The number of nitrogens with zero attached hydrogens (tertiary/aromatic N) is 1. The van der Waals surface area contributed by atoms with Gasteiger partial charge in [-0.05, 0) is 23.9 Å². The average Bonchev–Trinajstić information content (AvgIpc) is 3.13. The Morgan fingerprint density at radius 1 is 1.22 bits per heavy atom. The zero-order valence-electron chi connectivity index (χ0n) is 14.3. The second kappa shape index (κ2) is 6.21. The molecule has 2 heterocycles. The van der Waals surface area contributed by atoms with Gasteiger partial charge in [0.1, 0.15) is 6.54 Å². The Labute approximate surface area is 155 Å². The van der Waals surface area contributed by atoms with E-state index in [0.717, 1.165) is 9.69 Å². The van der Waals surface area contributed by atoms with E-state index < -0.39 is 34.0 Å². The second-order valence-electron chi connectivity index (χ2n) is 6.84. The quantitative estimate of drug-likeness (QED) is 0.790. The zero-order chi connectivity index (χ0) is 19.2. The van der Waals surface area contributed by atoms with Crippen molar-refractivity contribution in [3.63, 3.8) is 0 Å². The van der Waals surface area contributed by atoms with Crippen molar-refractivity contribution in [1.82, 2.24) is 5.32 Å². The van der Waals surface area contributed by atoms with E-state index in [1.54, 1.807) is 18.2 Å². The van der Waals surface area contributed by atoms with E-state index in [9.17, 15) is 18.0 Å². The number of carboxylic acid groups (broad SMARTS) is 1. The summed E-state index contributed by atoms with van der Waals surface area (Å²) in [6.45, 7) is 0.0193. The van der Waals surface area contributed by atoms with Gasteiger partial charge in [-0.3, -0.25) is 13.9 Å². The lowest BCUT2D eigenvalue weighted by Gasteiger charge is -2.28. The molecule has 1 atom stereocenters. The highest BCUT2D eigenvalue weighted by atomic mass is 32.2. The van der Waals surface area contributed by atoms with E-state index in [-0.39, 0.29) is 17.9 Å². The number of carbonyl (C=O) groups is 2. The summed E-state index contributed by atoms with van der Waals surface area (Å²) in [5.74, 6) is -1.61. The van der Waals surface area contributed by atoms with Gasteiger partial charge in [-0.25, -0.2) is 8.42 Å². The van der Waals surface area contributed by atoms with Crippen molar-refractivity contribution in [2.75, 3.05) is 24.1 Å². The Morgan fingerprint density at radius 2 is 1.96 bits per heavy atom. The summed E-state index contributed by atoms with van der Waals surface area (Å²) < 4.78 is 32.2. The number of ether oxygens (including phenoxy) is 1. The number of benzene rings is 2. The highest BCUT2D eigenvalue weighted by Gasteiger charge is 2.41. The lowest BCUT2D eigenvalue weighted by molar-refractivity contribution is -0.139. The zero-order valence-corrected chi connectivity index (χ0v) is 15.2. The Hall–Kier alpha value is -2.65. The molecule has 1 unspecified atom stereocenters. The molecular weight excluding hydrogens is 372 g/mol. The van der Waals surface area contributed by atoms with Crippen LogP contribution in [-0.2, 0) is 24.3 Å². The van der Waals surface area contributed by atoms with Crippen molar-refractivity contribution in [2.24, 2.45) is 0 Å². The Balaban J connectivity index is 1.62. The van der Waals surface area contributed by atoms with Crippen LogP contribution in [0.2, 0.25) is 0 Å². The van der Waals surface area contributed by atoms with Crippen LogP contribution in [0.25, 0.3) is 10.8 Å². The fourth-order valence-corrected chi connectivity index (χ4v) is 5.44. The van der Waals surface area contributed by atoms with Crippen LogP contribution in [0, 0.1) is 0 Å². The maximum absolute atomic E-state index is 12.9. The number of anilines is 1. The molecule has 1 saturated heterocycles. The summed E-state index contributed by atoms with van der Waals surface area (Å²) in [7, 11) is -3.85. The molecule has 1 amide bonds. The summed E-state index contributed by atoms with van der Waals surface area (Å²) in [4.78, 5) is 24.0. The predicted octanol–water partition coefficient (Wildman–Crippen LogP) is 1.10. The number of rotatable bonds is 5. The largest absolute Gasteiger partial charge is 0.481 e. The summed E-state index contributed by atoms with van der Waals surface area (Å²) in [5.41, 5.74) is -0.557. The van der Waals surface area contributed by atoms with Crippen LogP contribution >= 0.6 is 0 Å². The molecule has 2 aromatic carbocycles. The van der Waals surface area contributed by atoms with Crippen molar-refractivity contribution in [3.8, 4) is 0 Å². The molecule has 0 radical (unpaired) electrons.